The molecule has 0 radical (unpaired) electrons. The van der Waals surface area contributed by atoms with E-state index in [2.05, 4.69) is 51.6 Å². The van der Waals surface area contributed by atoms with Gasteiger partial charge in [0.1, 0.15) is 0 Å². The van der Waals surface area contributed by atoms with Crippen LogP contribution in [0.25, 0.3) is 11.4 Å². The largest absolute Gasteiger partial charge is 0.353 e. The number of anilines is 1. The fourth-order valence-corrected chi connectivity index (χ4v) is 3.13. The topological polar surface area (TPSA) is 55.6 Å². The van der Waals surface area contributed by atoms with Crippen LogP contribution in [0.5, 0.6) is 0 Å². The average molecular weight is 339 g/mol. The minimum absolute atomic E-state index is 0.654. The van der Waals surface area contributed by atoms with Gasteiger partial charge in [-0.05, 0) is 37.6 Å². The smallest absolute Gasteiger partial charge is 0.223 e. The van der Waals surface area contributed by atoms with Crippen LogP contribution in [0.3, 0.4) is 0 Å². The molecule has 0 aliphatic carbocycles. The molecule has 24 heavy (non-hydrogen) atoms. The van der Waals surface area contributed by atoms with E-state index in [1.54, 1.807) is 6.20 Å². The van der Waals surface area contributed by atoms with Gasteiger partial charge in [-0.1, -0.05) is 17.7 Å². The molecule has 3 rings (SSSR count). The number of nitrogens with one attached hydrogen (secondary N) is 1. The van der Waals surface area contributed by atoms with Gasteiger partial charge in [0.05, 0.1) is 11.4 Å². The van der Waals surface area contributed by atoms with Crippen LogP contribution >= 0.6 is 11.8 Å². The number of benzene rings is 1. The van der Waals surface area contributed by atoms with E-state index < -0.39 is 0 Å². The summed E-state index contributed by atoms with van der Waals surface area (Å²) in [5.74, 6) is 1.61. The van der Waals surface area contributed by atoms with Gasteiger partial charge in [-0.15, -0.1) is 11.8 Å². The van der Waals surface area contributed by atoms with Crippen LogP contribution in [0.4, 0.5) is 5.95 Å². The first kappa shape index (κ1) is 16.5. The van der Waals surface area contributed by atoms with Gasteiger partial charge in [0.2, 0.25) is 5.95 Å². The lowest BCUT2D eigenvalue weighted by molar-refractivity contribution is 0.772. The predicted molar refractivity (Wildman–Crippen MR) is 99.4 cm³/mol. The Balaban J connectivity index is 1.60. The Kier molecular flexibility index (Phi) is 5.15. The Morgan fingerprint density at radius 1 is 1.12 bits per heavy atom. The second-order valence-electron chi connectivity index (χ2n) is 5.65. The number of aryl methyl sites for hydroxylation is 3. The molecule has 0 amide bonds. The Morgan fingerprint density at radius 2 is 1.92 bits per heavy atom. The Bertz CT molecular complexity index is 811. The molecule has 0 aliphatic heterocycles. The average Bonchev–Trinajstić information content (AvgIpc) is 3.00. The summed E-state index contributed by atoms with van der Waals surface area (Å²) in [5.41, 5.74) is 4.23. The van der Waals surface area contributed by atoms with Crippen molar-refractivity contribution in [1.29, 1.82) is 0 Å². The molecule has 0 aliphatic rings. The van der Waals surface area contributed by atoms with E-state index in [0.717, 1.165) is 29.2 Å². The summed E-state index contributed by atoms with van der Waals surface area (Å²) in [5, 5.41) is 7.51. The summed E-state index contributed by atoms with van der Waals surface area (Å²) in [4.78, 5) is 10.3. The van der Waals surface area contributed by atoms with Gasteiger partial charge in [0, 0.05) is 36.6 Å². The molecule has 0 saturated carbocycles. The first-order chi connectivity index (χ1) is 11.6. The van der Waals surface area contributed by atoms with Crippen molar-refractivity contribution in [3.63, 3.8) is 0 Å². The predicted octanol–water partition coefficient (Wildman–Crippen LogP) is 3.70. The molecular formula is C18H21N5S. The molecule has 1 aromatic carbocycles. The normalized spacial score (nSPS) is 10.8. The zero-order valence-corrected chi connectivity index (χ0v) is 15.0. The first-order valence-electron chi connectivity index (χ1n) is 7.89. The molecule has 0 fully saturated rings. The zero-order chi connectivity index (χ0) is 16.9. The van der Waals surface area contributed by atoms with Crippen molar-refractivity contribution in [2.45, 2.75) is 18.7 Å². The summed E-state index contributed by atoms with van der Waals surface area (Å²) in [6, 6.07) is 10.6. The minimum atomic E-state index is 0.654. The number of hydrogen-bond donors (Lipinski definition) is 1. The number of rotatable bonds is 6. The van der Waals surface area contributed by atoms with Crippen molar-refractivity contribution in [3.05, 3.63) is 53.9 Å². The molecule has 5 nitrogen and oxygen atoms in total. The number of thioether (sulfide) groups is 1. The molecule has 0 saturated heterocycles. The molecule has 0 atom stereocenters. The second-order valence-corrected chi connectivity index (χ2v) is 6.82. The quantitative estimate of drug-likeness (QED) is 0.548. The van der Waals surface area contributed by atoms with Gasteiger partial charge >= 0.3 is 0 Å². The molecule has 0 unspecified atom stereocenters. The van der Waals surface area contributed by atoms with Crippen LogP contribution in [0, 0.1) is 13.8 Å². The Morgan fingerprint density at radius 3 is 2.62 bits per heavy atom. The Hall–Kier alpha value is -2.34. The number of aromatic nitrogens is 4. The van der Waals surface area contributed by atoms with Crippen molar-refractivity contribution < 1.29 is 0 Å². The van der Waals surface area contributed by atoms with Crippen molar-refractivity contribution >= 4 is 17.7 Å². The fraction of sp³-hybridized carbons (Fsp3) is 0.278. The SMILES string of the molecule is Cc1ccc(SCCNc2ncc(C)c(-c3ccnn3C)n2)cc1. The summed E-state index contributed by atoms with van der Waals surface area (Å²) in [6.45, 7) is 4.93. The standard InChI is InChI=1S/C18H21N5S/c1-13-4-6-15(7-5-13)24-11-10-19-18-20-12-14(2)17(22-18)16-8-9-21-23(16)3/h4-9,12H,10-11H2,1-3H3,(H,19,20,22). The fourth-order valence-electron chi connectivity index (χ4n) is 2.36. The lowest BCUT2D eigenvalue weighted by atomic mass is 10.2. The van der Waals surface area contributed by atoms with Crippen molar-refractivity contribution in [2.24, 2.45) is 7.05 Å². The van der Waals surface area contributed by atoms with Crippen LogP contribution in [-0.2, 0) is 7.05 Å². The number of nitrogens with zero attached hydrogens (tertiary/aromatic N) is 4. The zero-order valence-electron chi connectivity index (χ0n) is 14.2. The molecule has 3 aromatic rings. The van der Waals surface area contributed by atoms with Crippen molar-refractivity contribution in [3.8, 4) is 11.4 Å². The van der Waals surface area contributed by atoms with Gasteiger partial charge in [-0.25, -0.2) is 9.97 Å². The van der Waals surface area contributed by atoms with Gasteiger partial charge in [0.25, 0.3) is 0 Å². The van der Waals surface area contributed by atoms with Crippen LogP contribution in [0.1, 0.15) is 11.1 Å². The molecule has 0 spiro atoms. The third-order valence-corrected chi connectivity index (χ3v) is 4.72. The lowest BCUT2D eigenvalue weighted by Gasteiger charge is -2.09. The van der Waals surface area contributed by atoms with Gasteiger partial charge < -0.3 is 5.32 Å². The summed E-state index contributed by atoms with van der Waals surface area (Å²) >= 11 is 1.82. The van der Waals surface area contributed by atoms with E-state index in [4.69, 9.17) is 0 Å². The maximum absolute atomic E-state index is 4.64. The van der Waals surface area contributed by atoms with E-state index in [0.29, 0.717) is 5.95 Å². The van der Waals surface area contributed by atoms with E-state index in [9.17, 15) is 0 Å². The Labute approximate surface area is 146 Å². The second kappa shape index (κ2) is 7.49. The molecule has 0 bridgehead atoms. The molecular weight excluding hydrogens is 318 g/mol. The molecule has 124 valence electrons. The highest BCUT2D eigenvalue weighted by molar-refractivity contribution is 7.99. The van der Waals surface area contributed by atoms with E-state index >= 15 is 0 Å². The molecule has 6 heteroatoms. The lowest BCUT2D eigenvalue weighted by Crippen LogP contribution is -2.09. The third kappa shape index (κ3) is 3.94. The van der Waals surface area contributed by atoms with Crippen LogP contribution < -0.4 is 5.32 Å². The summed E-state index contributed by atoms with van der Waals surface area (Å²) in [7, 11) is 1.92. The van der Waals surface area contributed by atoms with Gasteiger partial charge in [0.15, 0.2) is 0 Å². The van der Waals surface area contributed by atoms with Crippen molar-refractivity contribution in [2.75, 3.05) is 17.6 Å². The highest BCUT2D eigenvalue weighted by atomic mass is 32.2. The highest BCUT2D eigenvalue weighted by Gasteiger charge is 2.09. The summed E-state index contributed by atoms with van der Waals surface area (Å²) in [6.07, 6.45) is 3.63. The van der Waals surface area contributed by atoms with Gasteiger partial charge in [-0.3, -0.25) is 4.68 Å². The number of hydrogen-bond acceptors (Lipinski definition) is 5. The van der Waals surface area contributed by atoms with E-state index in [-0.39, 0.29) is 0 Å². The third-order valence-electron chi connectivity index (χ3n) is 3.71. The minimum Gasteiger partial charge on any atom is -0.353 e. The van der Waals surface area contributed by atoms with E-state index in [1.165, 1.54) is 10.5 Å². The molecule has 2 aromatic heterocycles. The molecule has 2 heterocycles. The first-order valence-corrected chi connectivity index (χ1v) is 8.87. The maximum Gasteiger partial charge on any atom is 0.223 e. The monoisotopic (exact) mass is 339 g/mol. The maximum atomic E-state index is 4.64. The van der Waals surface area contributed by atoms with Crippen LogP contribution in [-0.4, -0.2) is 32.0 Å². The highest BCUT2D eigenvalue weighted by Crippen LogP contribution is 2.21. The van der Waals surface area contributed by atoms with Crippen molar-refractivity contribution in [1.82, 2.24) is 19.7 Å². The molecule has 1 N–H and O–H groups in total. The van der Waals surface area contributed by atoms with Gasteiger partial charge in [-0.2, -0.15) is 5.10 Å². The summed E-state index contributed by atoms with van der Waals surface area (Å²) < 4.78 is 1.83. The van der Waals surface area contributed by atoms with E-state index in [1.807, 2.05) is 42.7 Å². The van der Waals surface area contributed by atoms with Crippen LogP contribution in [0.2, 0.25) is 0 Å². The van der Waals surface area contributed by atoms with Crippen LogP contribution in [0.15, 0.2) is 47.6 Å².